The average molecular weight is 905 g/mol. The van der Waals surface area contributed by atoms with Crippen LogP contribution in [-0.2, 0) is 38.1 Å². The number of piperidine rings is 4. The molecule has 64 heavy (non-hydrogen) atoms. The molecule has 4 rings (SSSR count). The summed E-state index contributed by atoms with van der Waals surface area (Å²) in [5, 5.41) is 21.2. The van der Waals surface area contributed by atoms with Gasteiger partial charge in [-0.15, -0.1) is 0 Å². The molecule has 370 valence electrons. The number of hydrogen-bond acceptors (Lipinski definition) is 14. The third-order valence-corrected chi connectivity index (χ3v) is 13.0. The predicted molar refractivity (Wildman–Crippen MR) is 253 cm³/mol. The summed E-state index contributed by atoms with van der Waals surface area (Å²) >= 11 is 0. The second-order valence-corrected chi connectivity index (χ2v) is 25.4. The molecule has 4 aliphatic rings. The number of hydrogen-bond donors (Lipinski definition) is 6. The van der Waals surface area contributed by atoms with Crippen molar-refractivity contribution >= 4 is 23.9 Å². The second kappa shape index (κ2) is 20.9. The fraction of sp³-hybridized carbons (Fsp3) is 0.920. The molecule has 0 spiro atoms. The summed E-state index contributed by atoms with van der Waals surface area (Å²) in [5.41, 5.74) is -1.56. The Morgan fingerprint density at radius 3 is 0.844 bits per heavy atom. The number of carbonyl (C=O) groups excluding carboxylic acids is 4. The van der Waals surface area contributed by atoms with Crippen LogP contribution in [0.1, 0.15) is 201 Å². The first-order valence-corrected chi connectivity index (χ1v) is 24.6. The molecule has 14 heteroatoms. The zero-order valence-corrected chi connectivity index (χ0v) is 43.0. The molecule has 4 fully saturated rings. The first-order chi connectivity index (χ1) is 29.1. The van der Waals surface area contributed by atoms with Gasteiger partial charge in [-0.2, -0.15) is 0 Å². The van der Waals surface area contributed by atoms with Crippen LogP contribution in [0.3, 0.4) is 0 Å². The molecule has 0 unspecified atom stereocenters. The van der Waals surface area contributed by atoms with Crippen molar-refractivity contribution in [3.8, 4) is 0 Å². The summed E-state index contributed by atoms with van der Waals surface area (Å²) < 4.78 is 24.4. The lowest BCUT2D eigenvalue weighted by molar-refractivity contribution is -0.162. The molecular formula is C50H92N6O8. The lowest BCUT2D eigenvalue weighted by atomic mass is 9.81. The summed E-state index contributed by atoms with van der Waals surface area (Å²) in [4.78, 5) is 54.6. The molecule has 0 saturated carbocycles. The maximum atomic E-state index is 13.8. The molecule has 6 N–H and O–H groups in total. The second-order valence-electron chi connectivity index (χ2n) is 25.4. The number of nitrogens with one attached hydrogen (secondary N) is 6. The van der Waals surface area contributed by atoms with Crippen molar-refractivity contribution in [3.05, 3.63) is 0 Å². The normalized spacial score (nSPS) is 25.9. The Bertz CT molecular complexity index is 1430. The van der Waals surface area contributed by atoms with Gasteiger partial charge in [-0.3, -0.25) is 19.2 Å². The van der Waals surface area contributed by atoms with E-state index in [0.717, 1.165) is 25.7 Å². The van der Waals surface area contributed by atoms with Crippen LogP contribution in [0, 0.1) is 0 Å². The van der Waals surface area contributed by atoms with E-state index in [4.69, 9.17) is 18.9 Å². The minimum atomic E-state index is -0.831. The Morgan fingerprint density at radius 2 is 0.609 bits per heavy atom. The van der Waals surface area contributed by atoms with Crippen molar-refractivity contribution in [1.82, 2.24) is 31.9 Å². The fourth-order valence-corrected chi connectivity index (χ4v) is 12.2. The van der Waals surface area contributed by atoms with Gasteiger partial charge in [0.1, 0.15) is 36.5 Å². The van der Waals surface area contributed by atoms with Gasteiger partial charge in [-0.1, -0.05) is 12.8 Å². The van der Waals surface area contributed by atoms with Crippen molar-refractivity contribution in [2.24, 2.45) is 0 Å². The molecule has 14 nitrogen and oxygen atoms in total. The van der Waals surface area contributed by atoms with Gasteiger partial charge in [0.05, 0.1) is 12.8 Å². The van der Waals surface area contributed by atoms with E-state index in [9.17, 15) is 19.2 Å². The molecule has 0 aromatic carbocycles. The smallest absolute Gasteiger partial charge is 0.324 e. The molecule has 0 bridgehead atoms. The minimum absolute atomic E-state index is 0.106. The Labute approximate surface area is 387 Å². The third-order valence-electron chi connectivity index (χ3n) is 13.0. The van der Waals surface area contributed by atoms with Gasteiger partial charge in [0, 0.05) is 95.7 Å². The van der Waals surface area contributed by atoms with E-state index in [1.165, 1.54) is 0 Å². The standard InChI is InChI=1S/C50H92N6O8/c1-43(2)25-33(26-44(3,4)53-43)61-39(57)23-37(41(59)63-35-29-47(9,10)55-48(11,12)30-35)51-21-19-17-18-20-22-52-38(42(60)64-36-31-49(13,14)56-50(15,16)32-36)24-40(58)62-34-27-45(5,6)54-46(7,8)28-34/h33-38,51-56H,17-32H2,1-16H3/t37-,38-/m0/s1. The number of rotatable bonds is 19. The van der Waals surface area contributed by atoms with Crippen LogP contribution in [0.5, 0.6) is 0 Å². The van der Waals surface area contributed by atoms with Crippen molar-refractivity contribution in [2.75, 3.05) is 13.1 Å². The molecule has 0 aromatic heterocycles. The first-order valence-electron chi connectivity index (χ1n) is 24.6. The third kappa shape index (κ3) is 18.7. The SMILES string of the molecule is CC1(C)CC(OC(=O)C[C@H](NCCCCCCN[C@@H](CC(=O)OC2CC(C)(C)NC(C)(C)C2)C(=O)OC2CC(C)(C)NC(C)(C)C2)C(=O)OC2CC(C)(C)NC(C)(C)C2)CC(C)(C)N1. The van der Waals surface area contributed by atoms with Crippen molar-refractivity contribution in [3.63, 3.8) is 0 Å². The minimum Gasteiger partial charge on any atom is -0.462 e. The molecule has 2 atom stereocenters. The molecule has 4 saturated heterocycles. The molecule has 0 amide bonds. The lowest BCUT2D eigenvalue weighted by Crippen LogP contribution is -2.60. The summed E-state index contributed by atoms with van der Waals surface area (Å²) in [5.74, 6) is -1.66. The largest absolute Gasteiger partial charge is 0.462 e. The van der Waals surface area contributed by atoms with Crippen LogP contribution in [0.4, 0.5) is 0 Å². The Morgan fingerprint density at radius 1 is 0.391 bits per heavy atom. The van der Waals surface area contributed by atoms with Gasteiger partial charge < -0.3 is 50.8 Å². The van der Waals surface area contributed by atoms with E-state index in [1.54, 1.807) is 0 Å². The van der Waals surface area contributed by atoms with Crippen LogP contribution in [0.25, 0.3) is 0 Å². The van der Waals surface area contributed by atoms with Gasteiger partial charge in [0.15, 0.2) is 0 Å². The molecular weight excluding hydrogens is 813 g/mol. The van der Waals surface area contributed by atoms with Crippen molar-refractivity contribution in [1.29, 1.82) is 0 Å². The van der Waals surface area contributed by atoms with E-state index < -0.39 is 36.0 Å². The number of carbonyl (C=O) groups is 4. The van der Waals surface area contributed by atoms with Gasteiger partial charge >= 0.3 is 23.9 Å². The molecule has 4 heterocycles. The molecule has 0 aromatic rings. The number of unbranched alkanes of at least 4 members (excludes halogenated alkanes) is 3. The van der Waals surface area contributed by atoms with Crippen molar-refractivity contribution < 1.29 is 38.1 Å². The first kappa shape index (κ1) is 54.2. The maximum absolute atomic E-state index is 13.8. The van der Waals surface area contributed by atoms with Crippen molar-refractivity contribution in [2.45, 2.75) is 281 Å². The van der Waals surface area contributed by atoms with E-state index in [2.05, 4.69) is 143 Å². The van der Waals surface area contributed by atoms with Gasteiger partial charge in [0.2, 0.25) is 0 Å². The topological polar surface area (TPSA) is 177 Å². The Balaban J connectivity index is 1.32. The summed E-state index contributed by atoms with van der Waals surface area (Å²) in [6.45, 7) is 34.9. The fourth-order valence-electron chi connectivity index (χ4n) is 12.2. The quantitative estimate of drug-likeness (QED) is 0.0461. The average Bonchev–Trinajstić information content (AvgIpc) is 3.02. The highest BCUT2D eigenvalue weighted by atomic mass is 16.6. The Hall–Kier alpha value is -2.36. The summed E-state index contributed by atoms with van der Waals surface area (Å²) in [6.07, 6.45) is 7.45. The maximum Gasteiger partial charge on any atom is 0.324 e. The van der Waals surface area contributed by atoms with Crippen LogP contribution in [0.2, 0.25) is 0 Å². The van der Waals surface area contributed by atoms with Gasteiger partial charge in [-0.05, 0) is 137 Å². The zero-order valence-electron chi connectivity index (χ0n) is 43.0. The summed E-state index contributed by atoms with van der Waals surface area (Å²) in [6, 6.07) is -1.66. The lowest BCUT2D eigenvalue weighted by Gasteiger charge is -2.46. The van der Waals surface area contributed by atoms with Crippen LogP contribution >= 0.6 is 0 Å². The zero-order chi connectivity index (χ0) is 48.2. The number of esters is 4. The highest BCUT2D eigenvalue weighted by molar-refractivity contribution is 5.83. The molecule has 0 radical (unpaired) electrons. The predicted octanol–water partition coefficient (Wildman–Crippen LogP) is 6.65. The monoisotopic (exact) mass is 905 g/mol. The van der Waals surface area contributed by atoms with Gasteiger partial charge in [0.25, 0.3) is 0 Å². The van der Waals surface area contributed by atoms with E-state index >= 15 is 0 Å². The molecule has 4 aliphatic heterocycles. The number of ether oxygens (including phenoxy) is 4. The molecule has 0 aliphatic carbocycles. The summed E-state index contributed by atoms with van der Waals surface area (Å²) in [7, 11) is 0. The van der Waals surface area contributed by atoms with E-state index in [0.29, 0.717) is 64.5 Å². The Kier molecular flexibility index (Phi) is 17.7. The van der Waals surface area contributed by atoms with Gasteiger partial charge in [-0.25, -0.2) is 0 Å². The highest BCUT2D eigenvalue weighted by Crippen LogP contribution is 2.34. The van der Waals surface area contributed by atoms with E-state index in [1.807, 2.05) is 0 Å². The highest BCUT2D eigenvalue weighted by Gasteiger charge is 2.44. The van der Waals surface area contributed by atoms with Crippen LogP contribution in [0.15, 0.2) is 0 Å². The van der Waals surface area contributed by atoms with Crippen LogP contribution in [-0.4, -0.2) is 118 Å². The van der Waals surface area contributed by atoms with Crippen LogP contribution < -0.4 is 31.9 Å². The van der Waals surface area contributed by atoms with E-state index in [-0.39, 0.29) is 81.6 Å².